The van der Waals surface area contributed by atoms with E-state index in [4.69, 9.17) is 4.74 Å². The molecular weight excluding hydrogens is 330 g/mol. The van der Waals surface area contributed by atoms with Crippen LogP contribution in [0.5, 0.6) is 0 Å². The number of hydrogen-bond donors (Lipinski definition) is 2. The first-order valence-electron chi connectivity index (χ1n) is 9.06. The van der Waals surface area contributed by atoms with Gasteiger partial charge in [-0.2, -0.15) is 0 Å². The lowest BCUT2D eigenvalue weighted by atomic mass is 9.95. The minimum absolute atomic E-state index is 0.314. The van der Waals surface area contributed by atoms with Crippen molar-refractivity contribution in [2.45, 2.75) is 39.7 Å². The summed E-state index contributed by atoms with van der Waals surface area (Å²) in [5.41, 5.74) is 2.88. The third-order valence-corrected chi connectivity index (χ3v) is 4.51. The van der Waals surface area contributed by atoms with Crippen LogP contribution in [0.25, 0.3) is 0 Å². The zero-order valence-electron chi connectivity index (χ0n) is 16.3. The Kier molecular flexibility index (Phi) is 6.66. The lowest BCUT2D eigenvalue weighted by Gasteiger charge is -2.28. The van der Waals surface area contributed by atoms with Crippen LogP contribution in [0.1, 0.15) is 45.2 Å². The molecule has 2 N–H and O–H groups in total. The number of carbonyl (C=O) groups excluding carboxylic acids is 2. The van der Waals surface area contributed by atoms with E-state index in [1.807, 2.05) is 43.3 Å². The summed E-state index contributed by atoms with van der Waals surface area (Å²) in [4.78, 5) is 26.6. The molecule has 1 aliphatic heterocycles. The van der Waals surface area contributed by atoms with Crippen molar-refractivity contribution < 1.29 is 14.3 Å². The summed E-state index contributed by atoms with van der Waals surface area (Å²) in [6.07, 6.45) is 2.06. The summed E-state index contributed by atoms with van der Waals surface area (Å²) in [6.45, 7) is 6.28. The first-order valence-corrected chi connectivity index (χ1v) is 9.06. The number of hydrogen-bond acceptors (Lipinski definition) is 4. The molecule has 0 bridgehead atoms. The number of nitrogens with zero attached hydrogens (tertiary/aromatic N) is 1. The molecule has 1 aliphatic rings. The van der Waals surface area contributed by atoms with Gasteiger partial charge in [0.05, 0.1) is 18.2 Å². The molecule has 0 saturated heterocycles. The zero-order valence-corrected chi connectivity index (χ0v) is 16.3. The maximum Gasteiger partial charge on any atom is 0.338 e. The summed E-state index contributed by atoms with van der Waals surface area (Å²) < 4.78 is 5.52. The number of benzene rings is 1. The van der Waals surface area contributed by atoms with Crippen molar-refractivity contribution in [2.24, 2.45) is 5.92 Å². The number of carbonyl (C=O) groups is 2. The molecule has 142 valence electrons. The Balaban J connectivity index is 2.23. The molecule has 1 aromatic rings. The highest BCUT2D eigenvalue weighted by atomic mass is 16.5. The molecular formula is C20H29N3O3. The van der Waals surface area contributed by atoms with E-state index in [0.717, 1.165) is 24.1 Å². The third kappa shape index (κ3) is 4.77. The number of nitrogens with one attached hydrogen (secondary N) is 2. The molecule has 2 rings (SSSR count). The molecule has 1 aromatic carbocycles. The molecule has 0 saturated carbocycles. The van der Waals surface area contributed by atoms with Crippen LogP contribution in [-0.4, -0.2) is 32.7 Å². The predicted octanol–water partition coefficient (Wildman–Crippen LogP) is 3.36. The van der Waals surface area contributed by atoms with E-state index in [-0.39, 0.29) is 12.0 Å². The smallest absolute Gasteiger partial charge is 0.338 e. The van der Waals surface area contributed by atoms with Gasteiger partial charge in [-0.15, -0.1) is 0 Å². The van der Waals surface area contributed by atoms with Gasteiger partial charge in [0.15, 0.2) is 0 Å². The Bertz CT molecular complexity index is 680. The minimum Gasteiger partial charge on any atom is -0.462 e. The van der Waals surface area contributed by atoms with Crippen LogP contribution in [-0.2, 0) is 9.53 Å². The summed E-state index contributed by atoms with van der Waals surface area (Å²) in [5, 5.41) is 5.51. The summed E-state index contributed by atoms with van der Waals surface area (Å²) in [5.74, 6) is -0.0755. The number of ether oxygens (including phenoxy) is 1. The Morgan fingerprint density at radius 1 is 1.27 bits per heavy atom. The average Bonchev–Trinajstić information content (AvgIpc) is 2.59. The Morgan fingerprint density at radius 2 is 1.92 bits per heavy atom. The normalized spacial score (nSPS) is 18.0. The second-order valence-corrected chi connectivity index (χ2v) is 7.05. The number of allylic oxidation sites excluding steroid dienone is 1. The molecule has 0 radical (unpaired) electrons. The van der Waals surface area contributed by atoms with Crippen molar-refractivity contribution in [3.63, 3.8) is 0 Å². The van der Waals surface area contributed by atoms with Gasteiger partial charge in [0.2, 0.25) is 0 Å². The lowest BCUT2D eigenvalue weighted by molar-refractivity contribution is -0.140. The van der Waals surface area contributed by atoms with Gasteiger partial charge >= 0.3 is 12.0 Å². The fourth-order valence-electron chi connectivity index (χ4n) is 3.05. The van der Waals surface area contributed by atoms with Gasteiger partial charge in [0, 0.05) is 25.5 Å². The van der Waals surface area contributed by atoms with Crippen LogP contribution in [0.4, 0.5) is 10.5 Å². The monoisotopic (exact) mass is 359 g/mol. The predicted molar refractivity (Wildman–Crippen MR) is 103 cm³/mol. The lowest BCUT2D eigenvalue weighted by Crippen LogP contribution is -2.45. The van der Waals surface area contributed by atoms with Gasteiger partial charge in [-0.05, 0) is 37.0 Å². The molecule has 0 unspecified atom stereocenters. The van der Waals surface area contributed by atoms with Gasteiger partial charge < -0.3 is 20.3 Å². The van der Waals surface area contributed by atoms with Crippen molar-refractivity contribution in [1.82, 2.24) is 10.6 Å². The zero-order chi connectivity index (χ0) is 19.3. The fraction of sp³-hybridized carbons (Fsp3) is 0.500. The minimum atomic E-state index is -0.519. The van der Waals surface area contributed by atoms with E-state index >= 15 is 0 Å². The maximum atomic E-state index is 12.7. The highest BCUT2D eigenvalue weighted by Gasteiger charge is 2.32. The van der Waals surface area contributed by atoms with Crippen LogP contribution in [0.2, 0.25) is 0 Å². The molecule has 0 aromatic heterocycles. The Hall–Kier alpha value is -2.50. The van der Waals surface area contributed by atoms with Crippen molar-refractivity contribution in [3.05, 3.63) is 41.1 Å². The summed E-state index contributed by atoms with van der Waals surface area (Å²) in [7, 11) is 3.93. The van der Waals surface area contributed by atoms with Gasteiger partial charge in [-0.3, -0.25) is 0 Å². The molecule has 1 heterocycles. The van der Waals surface area contributed by atoms with Crippen LogP contribution in [0, 0.1) is 5.92 Å². The Morgan fingerprint density at radius 3 is 2.50 bits per heavy atom. The molecule has 0 aliphatic carbocycles. The van der Waals surface area contributed by atoms with Crippen molar-refractivity contribution in [1.29, 1.82) is 0 Å². The number of amides is 2. The molecule has 0 spiro atoms. The van der Waals surface area contributed by atoms with Gasteiger partial charge in [0.25, 0.3) is 0 Å². The SMILES string of the molecule is CCC[C@H](C)COC(=O)C1=C(C)NC(=O)N[C@@H]1c1ccc(N(C)C)cc1. The highest BCUT2D eigenvalue weighted by molar-refractivity contribution is 5.95. The van der Waals surface area contributed by atoms with E-state index < -0.39 is 6.04 Å². The fourth-order valence-corrected chi connectivity index (χ4v) is 3.05. The molecule has 2 amide bonds. The number of esters is 1. The van der Waals surface area contributed by atoms with E-state index in [2.05, 4.69) is 24.5 Å². The number of urea groups is 1. The van der Waals surface area contributed by atoms with Crippen molar-refractivity contribution in [3.8, 4) is 0 Å². The average molecular weight is 359 g/mol. The van der Waals surface area contributed by atoms with E-state index in [1.54, 1.807) is 6.92 Å². The second kappa shape index (κ2) is 8.74. The highest BCUT2D eigenvalue weighted by Crippen LogP contribution is 2.29. The van der Waals surface area contributed by atoms with Crippen LogP contribution >= 0.6 is 0 Å². The van der Waals surface area contributed by atoms with Crippen molar-refractivity contribution >= 4 is 17.7 Å². The first-order chi connectivity index (χ1) is 12.3. The van der Waals surface area contributed by atoms with Crippen molar-refractivity contribution in [2.75, 3.05) is 25.6 Å². The summed E-state index contributed by atoms with van der Waals surface area (Å²) >= 11 is 0. The van der Waals surface area contributed by atoms with Gasteiger partial charge in [0.1, 0.15) is 0 Å². The van der Waals surface area contributed by atoms with E-state index in [1.165, 1.54) is 0 Å². The van der Waals surface area contributed by atoms with E-state index in [0.29, 0.717) is 23.8 Å². The molecule has 2 atom stereocenters. The molecule has 26 heavy (non-hydrogen) atoms. The van der Waals surface area contributed by atoms with Crippen LogP contribution in [0.15, 0.2) is 35.5 Å². The Labute approximate surface area is 155 Å². The number of anilines is 1. The summed E-state index contributed by atoms with van der Waals surface area (Å²) in [6, 6.07) is 6.93. The van der Waals surface area contributed by atoms with Crippen LogP contribution in [0.3, 0.4) is 0 Å². The standard InChI is InChI=1S/C20H29N3O3/c1-6-7-13(2)12-26-19(24)17-14(3)21-20(25)22-18(17)15-8-10-16(11-9-15)23(4)5/h8-11,13,18H,6-7,12H2,1-5H3,(H2,21,22,25)/t13-,18+/m0/s1. The largest absolute Gasteiger partial charge is 0.462 e. The van der Waals surface area contributed by atoms with Gasteiger partial charge in [-0.25, -0.2) is 9.59 Å². The third-order valence-electron chi connectivity index (χ3n) is 4.51. The molecule has 6 nitrogen and oxygen atoms in total. The first kappa shape index (κ1) is 19.8. The second-order valence-electron chi connectivity index (χ2n) is 7.05. The van der Waals surface area contributed by atoms with Crippen LogP contribution < -0.4 is 15.5 Å². The quantitative estimate of drug-likeness (QED) is 0.733. The van der Waals surface area contributed by atoms with Gasteiger partial charge in [-0.1, -0.05) is 32.4 Å². The topological polar surface area (TPSA) is 70.7 Å². The number of rotatable bonds is 7. The van der Waals surface area contributed by atoms with E-state index in [9.17, 15) is 9.59 Å². The molecule has 0 fully saturated rings. The molecule has 6 heteroatoms. The maximum absolute atomic E-state index is 12.7.